The van der Waals surface area contributed by atoms with E-state index in [-0.39, 0.29) is 0 Å². The van der Waals surface area contributed by atoms with Crippen molar-refractivity contribution in [1.82, 2.24) is 4.90 Å². The number of anilines is 1. The van der Waals surface area contributed by atoms with Crippen LogP contribution in [0.15, 0.2) is 22.7 Å². The molecule has 2 atom stereocenters. The molecule has 2 heterocycles. The summed E-state index contributed by atoms with van der Waals surface area (Å²) in [5.41, 5.74) is 1.93. The Morgan fingerprint density at radius 2 is 2.21 bits per heavy atom. The van der Waals surface area contributed by atoms with Gasteiger partial charge in [0.1, 0.15) is 6.07 Å². The van der Waals surface area contributed by atoms with Crippen LogP contribution in [0.4, 0.5) is 5.69 Å². The fourth-order valence-electron chi connectivity index (χ4n) is 3.32. The van der Waals surface area contributed by atoms with E-state index in [2.05, 4.69) is 50.9 Å². The fraction of sp³-hybridized carbons (Fsp3) is 0.533. The SMILES string of the molecule is CC1CN2CCCC2CN1c1ccc(C#N)c(Br)c1. The Kier molecular flexibility index (Phi) is 3.51. The topological polar surface area (TPSA) is 30.3 Å². The highest BCUT2D eigenvalue weighted by molar-refractivity contribution is 9.10. The van der Waals surface area contributed by atoms with E-state index >= 15 is 0 Å². The van der Waals surface area contributed by atoms with Crippen LogP contribution in [0, 0.1) is 11.3 Å². The summed E-state index contributed by atoms with van der Waals surface area (Å²) in [6.45, 7) is 5.82. The highest BCUT2D eigenvalue weighted by atomic mass is 79.9. The lowest BCUT2D eigenvalue weighted by Gasteiger charge is -2.43. The summed E-state index contributed by atoms with van der Waals surface area (Å²) >= 11 is 3.49. The van der Waals surface area contributed by atoms with Gasteiger partial charge in [-0.2, -0.15) is 5.26 Å². The van der Waals surface area contributed by atoms with Crippen LogP contribution in [0.3, 0.4) is 0 Å². The molecule has 0 saturated carbocycles. The largest absolute Gasteiger partial charge is 0.366 e. The van der Waals surface area contributed by atoms with Gasteiger partial charge in [0.05, 0.1) is 5.56 Å². The normalized spacial score (nSPS) is 27.1. The molecule has 2 aliphatic rings. The molecule has 19 heavy (non-hydrogen) atoms. The standard InChI is InChI=1S/C15H18BrN3/c1-11-9-18-6-2-3-14(18)10-19(11)13-5-4-12(8-17)15(16)7-13/h4-5,7,11,14H,2-3,6,9-10H2,1H3. The zero-order valence-electron chi connectivity index (χ0n) is 11.1. The van der Waals surface area contributed by atoms with E-state index in [0.717, 1.165) is 17.6 Å². The summed E-state index contributed by atoms with van der Waals surface area (Å²) in [6, 6.07) is 9.52. The van der Waals surface area contributed by atoms with Crippen LogP contribution in [0.5, 0.6) is 0 Å². The van der Waals surface area contributed by atoms with Gasteiger partial charge >= 0.3 is 0 Å². The van der Waals surface area contributed by atoms with Crippen LogP contribution in [0.2, 0.25) is 0 Å². The third kappa shape index (κ3) is 2.37. The first-order chi connectivity index (χ1) is 9.19. The molecule has 4 heteroatoms. The maximum atomic E-state index is 8.99. The molecule has 3 rings (SSSR count). The second-order valence-corrected chi connectivity index (χ2v) is 6.42. The van der Waals surface area contributed by atoms with E-state index in [1.54, 1.807) is 0 Å². The third-order valence-corrected chi connectivity index (χ3v) is 5.00. The van der Waals surface area contributed by atoms with Crippen molar-refractivity contribution >= 4 is 21.6 Å². The van der Waals surface area contributed by atoms with E-state index in [4.69, 9.17) is 5.26 Å². The molecule has 1 aromatic carbocycles. The Morgan fingerprint density at radius 3 is 2.95 bits per heavy atom. The van der Waals surface area contributed by atoms with Gasteiger partial charge in [-0.3, -0.25) is 4.90 Å². The molecule has 0 radical (unpaired) electrons. The molecule has 100 valence electrons. The molecule has 0 bridgehead atoms. The van der Waals surface area contributed by atoms with Crippen LogP contribution < -0.4 is 4.90 Å². The summed E-state index contributed by atoms with van der Waals surface area (Å²) in [4.78, 5) is 5.11. The van der Waals surface area contributed by atoms with Crippen LogP contribution >= 0.6 is 15.9 Å². The lowest BCUT2D eigenvalue weighted by molar-refractivity contribution is 0.203. The van der Waals surface area contributed by atoms with Crippen molar-refractivity contribution in [2.45, 2.75) is 31.8 Å². The van der Waals surface area contributed by atoms with Gasteiger partial charge in [-0.1, -0.05) is 0 Å². The van der Waals surface area contributed by atoms with E-state index < -0.39 is 0 Å². The smallest absolute Gasteiger partial charge is 0.100 e. The molecule has 0 aromatic heterocycles. The maximum Gasteiger partial charge on any atom is 0.100 e. The predicted molar refractivity (Wildman–Crippen MR) is 80.3 cm³/mol. The maximum absolute atomic E-state index is 8.99. The summed E-state index contributed by atoms with van der Waals surface area (Å²) < 4.78 is 0.897. The molecule has 0 amide bonds. The predicted octanol–water partition coefficient (Wildman–Crippen LogP) is 2.99. The van der Waals surface area contributed by atoms with Gasteiger partial charge in [-0.25, -0.2) is 0 Å². The van der Waals surface area contributed by atoms with Gasteiger partial charge in [0.25, 0.3) is 0 Å². The molecular formula is C15H18BrN3. The number of rotatable bonds is 1. The average molecular weight is 320 g/mol. The first-order valence-corrected chi connectivity index (χ1v) is 7.68. The van der Waals surface area contributed by atoms with Crippen molar-refractivity contribution in [3.8, 4) is 6.07 Å². The summed E-state index contributed by atoms with van der Waals surface area (Å²) in [7, 11) is 0. The Labute approximate surface area is 122 Å². The zero-order valence-corrected chi connectivity index (χ0v) is 12.7. The van der Waals surface area contributed by atoms with Gasteiger partial charge in [0.15, 0.2) is 0 Å². The van der Waals surface area contributed by atoms with Gasteiger partial charge in [0, 0.05) is 35.3 Å². The van der Waals surface area contributed by atoms with Crippen molar-refractivity contribution < 1.29 is 0 Å². The monoisotopic (exact) mass is 319 g/mol. The molecule has 2 aliphatic heterocycles. The summed E-state index contributed by atoms with van der Waals surface area (Å²) in [6.07, 6.45) is 2.66. The molecule has 2 unspecified atom stereocenters. The zero-order chi connectivity index (χ0) is 13.4. The highest BCUT2D eigenvalue weighted by Crippen LogP contribution is 2.30. The minimum absolute atomic E-state index is 0.536. The van der Waals surface area contributed by atoms with E-state index in [0.29, 0.717) is 17.6 Å². The molecule has 0 aliphatic carbocycles. The van der Waals surface area contributed by atoms with Crippen molar-refractivity contribution in [2.75, 3.05) is 24.5 Å². The molecule has 2 saturated heterocycles. The molecule has 0 N–H and O–H groups in total. The van der Waals surface area contributed by atoms with E-state index in [1.165, 1.54) is 25.1 Å². The second-order valence-electron chi connectivity index (χ2n) is 5.57. The van der Waals surface area contributed by atoms with Gasteiger partial charge in [0.2, 0.25) is 0 Å². The first-order valence-electron chi connectivity index (χ1n) is 6.89. The Hall–Kier alpha value is -1.05. The third-order valence-electron chi connectivity index (χ3n) is 4.34. The van der Waals surface area contributed by atoms with Crippen molar-refractivity contribution in [2.24, 2.45) is 0 Å². The number of fused-ring (bicyclic) bond motifs is 1. The number of piperazine rings is 1. The Balaban J connectivity index is 1.85. The van der Waals surface area contributed by atoms with E-state index in [9.17, 15) is 0 Å². The van der Waals surface area contributed by atoms with Crippen molar-refractivity contribution in [1.29, 1.82) is 5.26 Å². The number of halogens is 1. The number of hydrogen-bond donors (Lipinski definition) is 0. The Bertz CT molecular complexity index is 523. The summed E-state index contributed by atoms with van der Waals surface area (Å²) in [5.74, 6) is 0. The molecule has 3 nitrogen and oxygen atoms in total. The van der Waals surface area contributed by atoms with Gasteiger partial charge < -0.3 is 4.90 Å². The van der Waals surface area contributed by atoms with Gasteiger partial charge in [-0.15, -0.1) is 0 Å². The van der Waals surface area contributed by atoms with Crippen molar-refractivity contribution in [3.05, 3.63) is 28.2 Å². The van der Waals surface area contributed by atoms with E-state index in [1.807, 2.05) is 6.07 Å². The number of nitrogens with zero attached hydrogens (tertiary/aromatic N) is 3. The fourth-order valence-corrected chi connectivity index (χ4v) is 3.78. The molecule has 2 fully saturated rings. The lowest BCUT2D eigenvalue weighted by Crippen LogP contribution is -2.55. The second kappa shape index (κ2) is 5.15. The molecule has 1 aromatic rings. The lowest BCUT2D eigenvalue weighted by atomic mass is 10.1. The number of benzene rings is 1. The molecule has 0 spiro atoms. The van der Waals surface area contributed by atoms with Crippen LogP contribution in [0.1, 0.15) is 25.3 Å². The Morgan fingerprint density at radius 1 is 1.37 bits per heavy atom. The summed E-state index contributed by atoms with van der Waals surface area (Å²) in [5, 5.41) is 8.99. The molecular weight excluding hydrogens is 302 g/mol. The van der Waals surface area contributed by atoms with Gasteiger partial charge in [-0.05, 0) is 60.4 Å². The number of nitriles is 1. The minimum atomic E-state index is 0.536. The first kappa shape index (κ1) is 13.0. The van der Waals surface area contributed by atoms with Crippen LogP contribution in [-0.2, 0) is 0 Å². The quantitative estimate of drug-likeness (QED) is 0.797. The van der Waals surface area contributed by atoms with Crippen molar-refractivity contribution in [3.63, 3.8) is 0 Å². The number of hydrogen-bond acceptors (Lipinski definition) is 3. The average Bonchev–Trinajstić information content (AvgIpc) is 2.84. The minimum Gasteiger partial charge on any atom is -0.366 e. The van der Waals surface area contributed by atoms with Crippen LogP contribution in [0.25, 0.3) is 0 Å². The highest BCUT2D eigenvalue weighted by Gasteiger charge is 2.34. The van der Waals surface area contributed by atoms with Crippen LogP contribution in [-0.4, -0.2) is 36.6 Å².